The van der Waals surface area contributed by atoms with Gasteiger partial charge in [0.15, 0.2) is 0 Å². The smallest absolute Gasteiger partial charge is 0.404 e. The van der Waals surface area contributed by atoms with E-state index in [4.69, 9.17) is 10.5 Å². The van der Waals surface area contributed by atoms with Gasteiger partial charge in [0.25, 0.3) is 0 Å². The summed E-state index contributed by atoms with van der Waals surface area (Å²) in [6, 6.07) is 10.3. The van der Waals surface area contributed by atoms with Gasteiger partial charge in [0.1, 0.15) is 6.10 Å². The lowest BCUT2D eigenvalue weighted by molar-refractivity contribution is -0.146. The number of hydrogen-bond acceptors (Lipinski definition) is 4. The first-order valence-corrected chi connectivity index (χ1v) is 12.0. The molecule has 1 unspecified atom stereocenters. The standard InChI is InChI=1S/C26H41N3O3/c1-25(2,3)23(30)29(19-11-13-26(4,5)14-12-19)20-16-21(28-17-20)22(32-24(27)31)15-18-9-7-6-8-10-18/h6-10,19-22,28H,11-17H2,1-5H3,(H2,27,31)/t20-,21-,22?/m0/s1. The first-order chi connectivity index (χ1) is 15.0. The molecule has 3 atom stereocenters. The molecule has 1 saturated heterocycles. The van der Waals surface area contributed by atoms with Crippen molar-refractivity contribution in [1.29, 1.82) is 0 Å². The molecule has 0 bridgehead atoms. The molecule has 0 aromatic heterocycles. The number of ether oxygens (including phenoxy) is 1. The molecule has 3 rings (SSSR count). The van der Waals surface area contributed by atoms with Crippen LogP contribution < -0.4 is 11.1 Å². The van der Waals surface area contributed by atoms with Gasteiger partial charge in [-0.3, -0.25) is 4.79 Å². The summed E-state index contributed by atoms with van der Waals surface area (Å²) in [7, 11) is 0. The van der Waals surface area contributed by atoms with Crippen molar-refractivity contribution in [2.24, 2.45) is 16.6 Å². The van der Waals surface area contributed by atoms with Gasteiger partial charge in [0.05, 0.1) is 0 Å². The Morgan fingerprint density at radius 3 is 2.34 bits per heavy atom. The molecule has 3 N–H and O–H groups in total. The van der Waals surface area contributed by atoms with E-state index in [0.717, 1.165) is 37.7 Å². The fourth-order valence-electron chi connectivity index (χ4n) is 5.18. The summed E-state index contributed by atoms with van der Waals surface area (Å²) in [5, 5.41) is 3.55. The molecule has 1 aliphatic carbocycles. The fourth-order valence-corrected chi connectivity index (χ4v) is 5.18. The molecule has 0 spiro atoms. The largest absolute Gasteiger partial charge is 0.444 e. The maximum atomic E-state index is 13.6. The van der Waals surface area contributed by atoms with Crippen LogP contribution in [0.15, 0.2) is 30.3 Å². The van der Waals surface area contributed by atoms with Crippen LogP contribution in [0.4, 0.5) is 4.79 Å². The molecular formula is C26H41N3O3. The number of nitrogens with one attached hydrogen (secondary N) is 1. The van der Waals surface area contributed by atoms with Crippen LogP contribution in [0.25, 0.3) is 0 Å². The van der Waals surface area contributed by atoms with E-state index in [1.54, 1.807) is 0 Å². The normalized spacial score (nSPS) is 24.7. The Labute approximate surface area is 193 Å². The average molecular weight is 444 g/mol. The van der Waals surface area contributed by atoms with Crippen molar-refractivity contribution >= 4 is 12.0 Å². The van der Waals surface area contributed by atoms with Crippen LogP contribution in [0.5, 0.6) is 0 Å². The lowest BCUT2D eigenvalue weighted by Gasteiger charge is -2.45. The van der Waals surface area contributed by atoms with Crippen molar-refractivity contribution < 1.29 is 14.3 Å². The molecule has 1 aromatic carbocycles. The molecule has 2 aliphatic rings. The summed E-state index contributed by atoms with van der Waals surface area (Å²) in [4.78, 5) is 27.4. The van der Waals surface area contributed by atoms with Crippen LogP contribution in [-0.2, 0) is 16.0 Å². The Kier molecular flexibility index (Phi) is 7.53. The fraction of sp³-hybridized carbons (Fsp3) is 0.692. The zero-order chi connectivity index (χ0) is 23.5. The van der Waals surface area contributed by atoms with E-state index in [9.17, 15) is 9.59 Å². The molecule has 2 amide bonds. The number of nitrogens with zero attached hydrogens (tertiary/aromatic N) is 1. The van der Waals surface area contributed by atoms with Crippen molar-refractivity contribution in [2.45, 2.75) is 97.4 Å². The van der Waals surface area contributed by atoms with Crippen molar-refractivity contribution in [3.63, 3.8) is 0 Å². The number of hydrogen-bond donors (Lipinski definition) is 2. The molecule has 1 aromatic rings. The van der Waals surface area contributed by atoms with Crippen molar-refractivity contribution in [3.8, 4) is 0 Å². The van der Waals surface area contributed by atoms with Crippen molar-refractivity contribution in [3.05, 3.63) is 35.9 Å². The molecule has 6 nitrogen and oxygen atoms in total. The summed E-state index contributed by atoms with van der Waals surface area (Å²) >= 11 is 0. The Hall–Kier alpha value is -2.08. The number of carbonyl (C=O) groups is 2. The Balaban J connectivity index is 1.76. The van der Waals surface area contributed by atoms with Gasteiger partial charge in [-0.15, -0.1) is 0 Å². The number of benzene rings is 1. The minimum absolute atomic E-state index is 0.0389. The van der Waals surface area contributed by atoms with Gasteiger partial charge in [-0.05, 0) is 43.1 Å². The monoisotopic (exact) mass is 443 g/mol. The Morgan fingerprint density at radius 2 is 1.78 bits per heavy atom. The van der Waals surface area contributed by atoms with Gasteiger partial charge in [-0.25, -0.2) is 4.79 Å². The predicted molar refractivity (Wildman–Crippen MR) is 127 cm³/mol. The van der Waals surface area contributed by atoms with Gasteiger partial charge in [-0.1, -0.05) is 65.0 Å². The Bertz CT molecular complexity index is 777. The third-order valence-corrected chi connectivity index (χ3v) is 7.11. The van der Waals surface area contributed by atoms with E-state index in [2.05, 4.69) is 24.1 Å². The molecule has 178 valence electrons. The van der Waals surface area contributed by atoms with Crippen molar-refractivity contribution in [1.82, 2.24) is 10.2 Å². The second kappa shape index (κ2) is 9.82. The Morgan fingerprint density at radius 1 is 1.16 bits per heavy atom. The zero-order valence-corrected chi connectivity index (χ0v) is 20.4. The molecule has 0 radical (unpaired) electrons. The highest BCUT2D eigenvalue weighted by molar-refractivity contribution is 5.82. The molecule has 1 aliphatic heterocycles. The SMILES string of the molecule is CC1(C)CCC(N(C(=O)C(C)(C)C)[C@@H]2CN[C@H](C(Cc3ccccc3)OC(N)=O)C2)CC1. The second-order valence-corrected chi connectivity index (χ2v) is 11.4. The summed E-state index contributed by atoms with van der Waals surface area (Å²) in [5.74, 6) is 0.213. The number of rotatable bonds is 6. The van der Waals surface area contributed by atoms with E-state index in [-0.39, 0.29) is 30.1 Å². The summed E-state index contributed by atoms with van der Waals surface area (Å²) in [6.07, 6.45) is 4.59. The lowest BCUT2D eigenvalue weighted by atomic mass is 9.74. The van der Waals surface area contributed by atoms with Crippen LogP contribution in [0.3, 0.4) is 0 Å². The molecular weight excluding hydrogens is 402 g/mol. The number of carbonyl (C=O) groups excluding carboxylic acids is 2. The van der Waals surface area contributed by atoms with Gasteiger partial charge in [0.2, 0.25) is 5.91 Å². The highest BCUT2D eigenvalue weighted by atomic mass is 16.6. The molecule has 6 heteroatoms. The molecule has 2 fully saturated rings. The maximum absolute atomic E-state index is 13.6. The maximum Gasteiger partial charge on any atom is 0.404 e. The topological polar surface area (TPSA) is 84.7 Å². The number of amides is 2. The van der Waals surface area contributed by atoms with Crippen LogP contribution >= 0.6 is 0 Å². The number of primary amides is 1. The quantitative estimate of drug-likeness (QED) is 0.688. The van der Waals surface area contributed by atoms with Gasteiger partial charge >= 0.3 is 6.09 Å². The highest BCUT2D eigenvalue weighted by Gasteiger charge is 2.43. The predicted octanol–water partition coefficient (Wildman–Crippen LogP) is 4.27. The van der Waals surface area contributed by atoms with Crippen LogP contribution in [-0.4, -0.2) is 47.7 Å². The lowest BCUT2D eigenvalue weighted by Crippen LogP contribution is -2.53. The zero-order valence-electron chi connectivity index (χ0n) is 20.4. The van der Waals surface area contributed by atoms with Gasteiger partial charge in [-0.2, -0.15) is 0 Å². The van der Waals surface area contributed by atoms with E-state index in [1.807, 2.05) is 51.1 Å². The van der Waals surface area contributed by atoms with E-state index in [0.29, 0.717) is 18.4 Å². The van der Waals surface area contributed by atoms with Crippen LogP contribution in [0.2, 0.25) is 0 Å². The van der Waals surface area contributed by atoms with Gasteiger partial charge < -0.3 is 20.7 Å². The van der Waals surface area contributed by atoms with E-state index < -0.39 is 11.5 Å². The van der Waals surface area contributed by atoms with E-state index >= 15 is 0 Å². The molecule has 1 saturated carbocycles. The molecule has 32 heavy (non-hydrogen) atoms. The van der Waals surface area contributed by atoms with Crippen molar-refractivity contribution in [2.75, 3.05) is 6.54 Å². The second-order valence-electron chi connectivity index (χ2n) is 11.4. The molecule has 1 heterocycles. The highest BCUT2D eigenvalue weighted by Crippen LogP contribution is 2.39. The first-order valence-electron chi connectivity index (χ1n) is 12.0. The van der Waals surface area contributed by atoms with Crippen LogP contribution in [0.1, 0.15) is 72.3 Å². The number of nitrogens with two attached hydrogens (primary N) is 1. The van der Waals surface area contributed by atoms with E-state index in [1.165, 1.54) is 0 Å². The summed E-state index contributed by atoms with van der Waals surface area (Å²) in [6.45, 7) is 11.4. The summed E-state index contributed by atoms with van der Waals surface area (Å²) < 4.78 is 5.54. The average Bonchev–Trinajstić information content (AvgIpc) is 3.18. The van der Waals surface area contributed by atoms with Gasteiger partial charge in [0, 0.05) is 36.5 Å². The third kappa shape index (κ3) is 6.25. The minimum atomic E-state index is -0.756. The van der Waals surface area contributed by atoms with Crippen LogP contribution in [0, 0.1) is 10.8 Å². The first kappa shape index (κ1) is 24.6. The summed E-state index contributed by atoms with van der Waals surface area (Å²) in [5.41, 5.74) is 6.42. The minimum Gasteiger partial charge on any atom is -0.444 e. The third-order valence-electron chi connectivity index (χ3n) is 7.11.